The Hall–Kier alpha value is -1.13. The predicted molar refractivity (Wildman–Crippen MR) is 64.1 cm³/mol. The Bertz CT molecular complexity index is 347. The molecule has 0 N–H and O–H groups in total. The van der Waals surface area contributed by atoms with Crippen LogP contribution in [0.15, 0.2) is 29.6 Å². The molecule has 0 aliphatic carbocycles. The first-order chi connectivity index (χ1) is 7.78. The number of benzene rings is 1. The van der Waals surface area contributed by atoms with E-state index < -0.39 is 0 Å². The minimum Gasteiger partial charge on any atom is -0.295 e. The number of halogens is 1. The molecule has 1 saturated heterocycles. The zero-order valence-electron chi connectivity index (χ0n) is 8.97. The molecule has 1 aliphatic rings. The highest BCUT2D eigenvalue weighted by molar-refractivity contribution is 6.30. The molecule has 0 aromatic heterocycles. The molecule has 1 aliphatic heterocycles. The summed E-state index contributed by atoms with van der Waals surface area (Å²) < 4.78 is 0. The van der Waals surface area contributed by atoms with Crippen molar-refractivity contribution < 1.29 is 0 Å². The molecule has 5 heteroatoms. The van der Waals surface area contributed by atoms with Gasteiger partial charge in [-0.15, -0.1) is 4.91 Å². The summed E-state index contributed by atoms with van der Waals surface area (Å²) in [7, 11) is 0. The average molecular weight is 240 g/mol. The highest BCUT2D eigenvalue weighted by atomic mass is 35.5. The largest absolute Gasteiger partial charge is 0.295 e. The Morgan fingerprint density at radius 1 is 1.12 bits per heavy atom. The molecular weight excluding hydrogens is 226 g/mol. The Kier molecular flexibility index (Phi) is 3.74. The first-order valence-electron chi connectivity index (χ1n) is 5.33. The molecule has 0 atom stereocenters. The molecule has 1 aromatic carbocycles. The van der Waals surface area contributed by atoms with E-state index in [4.69, 9.17) is 11.6 Å². The zero-order chi connectivity index (χ0) is 11.4. The number of nitroso groups, excluding NO2 is 1. The van der Waals surface area contributed by atoms with Gasteiger partial charge in [-0.25, -0.2) is 0 Å². The summed E-state index contributed by atoms with van der Waals surface area (Å²) in [5.41, 5.74) is 1.25. The van der Waals surface area contributed by atoms with E-state index in [2.05, 4.69) is 10.2 Å². The summed E-state index contributed by atoms with van der Waals surface area (Å²) in [6, 6.07) is 7.87. The number of nitrogens with zero attached hydrogens (tertiary/aromatic N) is 3. The maximum atomic E-state index is 10.3. The second kappa shape index (κ2) is 5.27. The molecule has 0 amide bonds. The smallest absolute Gasteiger partial charge is 0.0524 e. The fourth-order valence-corrected chi connectivity index (χ4v) is 1.95. The molecule has 1 heterocycles. The summed E-state index contributed by atoms with van der Waals surface area (Å²) in [6.07, 6.45) is 0. The molecule has 0 saturated carbocycles. The van der Waals surface area contributed by atoms with Gasteiger partial charge in [-0.3, -0.25) is 9.91 Å². The van der Waals surface area contributed by atoms with Crippen LogP contribution in [0.25, 0.3) is 0 Å². The van der Waals surface area contributed by atoms with Gasteiger partial charge in [0, 0.05) is 24.7 Å². The Morgan fingerprint density at radius 2 is 1.75 bits per heavy atom. The van der Waals surface area contributed by atoms with E-state index in [1.54, 1.807) is 5.01 Å². The van der Waals surface area contributed by atoms with Crippen LogP contribution in [0, 0.1) is 4.91 Å². The van der Waals surface area contributed by atoms with Crippen LogP contribution >= 0.6 is 11.6 Å². The van der Waals surface area contributed by atoms with E-state index in [0.29, 0.717) is 0 Å². The van der Waals surface area contributed by atoms with E-state index in [1.165, 1.54) is 5.56 Å². The summed E-state index contributed by atoms with van der Waals surface area (Å²) >= 11 is 5.82. The van der Waals surface area contributed by atoms with Crippen LogP contribution in [-0.4, -0.2) is 36.1 Å². The lowest BCUT2D eigenvalue weighted by atomic mass is 10.2. The molecule has 0 bridgehead atoms. The van der Waals surface area contributed by atoms with Crippen LogP contribution in [-0.2, 0) is 6.54 Å². The van der Waals surface area contributed by atoms with Gasteiger partial charge in [-0.05, 0) is 17.7 Å². The second-order valence-electron chi connectivity index (χ2n) is 3.94. The quantitative estimate of drug-likeness (QED) is 0.759. The highest BCUT2D eigenvalue weighted by Crippen LogP contribution is 2.12. The van der Waals surface area contributed by atoms with Gasteiger partial charge in [0.25, 0.3) is 0 Å². The summed E-state index contributed by atoms with van der Waals surface area (Å²) in [4.78, 5) is 12.6. The van der Waals surface area contributed by atoms with Gasteiger partial charge in [0.05, 0.1) is 18.4 Å². The summed E-state index contributed by atoms with van der Waals surface area (Å²) in [5, 5.41) is 5.27. The Labute approximate surface area is 99.7 Å². The number of hydrogen-bond donors (Lipinski definition) is 0. The van der Waals surface area contributed by atoms with E-state index in [1.807, 2.05) is 24.3 Å². The Balaban J connectivity index is 1.86. The number of rotatable bonds is 3. The van der Waals surface area contributed by atoms with Crippen molar-refractivity contribution in [3.05, 3.63) is 39.8 Å². The van der Waals surface area contributed by atoms with Crippen LogP contribution in [0.1, 0.15) is 5.56 Å². The molecule has 1 fully saturated rings. The lowest BCUT2D eigenvalue weighted by Gasteiger charge is -2.31. The van der Waals surface area contributed by atoms with Crippen LogP contribution in [0.2, 0.25) is 5.02 Å². The first-order valence-corrected chi connectivity index (χ1v) is 5.71. The molecule has 0 radical (unpaired) electrons. The normalized spacial score (nSPS) is 17.4. The van der Waals surface area contributed by atoms with Crippen LogP contribution < -0.4 is 0 Å². The minimum absolute atomic E-state index is 0.719. The highest BCUT2D eigenvalue weighted by Gasteiger charge is 2.15. The van der Waals surface area contributed by atoms with E-state index in [-0.39, 0.29) is 0 Å². The Morgan fingerprint density at radius 3 is 2.31 bits per heavy atom. The SMILES string of the molecule is O=NN1CCN(Cc2ccc(Cl)cc2)CC1. The van der Waals surface area contributed by atoms with Gasteiger partial charge in [-0.2, -0.15) is 0 Å². The average Bonchev–Trinajstić information content (AvgIpc) is 2.33. The molecule has 2 rings (SSSR count). The minimum atomic E-state index is 0.719. The van der Waals surface area contributed by atoms with Gasteiger partial charge >= 0.3 is 0 Å². The topological polar surface area (TPSA) is 35.9 Å². The molecule has 16 heavy (non-hydrogen) atoms. The molecule has 1 aromatic rings. The maximum absolute atomic E-state index is 10.3. The lowest BCUT2D eigenvalue weighted by molar-refractivity contribution is 0.129. The third-order valence-electron chi connectivity index (χ3n) is 2.78. The van der Waals surface area contributed by atoms with Crippen molar-refractivity contribution in [2.45, 2.75) is 6.54 Å². The van der Waals surface area contributed by atoms with Gasteiger partial charge in [0.2, 0.25) is 0 Å². The molecule has 86 valence electrons. The van der Waals surface area contributed by atoms with Crippen LogP contribution in [0.5, 0.6) is 0 Å². The lowest BCUT2D eigenvalue weighted by Crippen LogP contribution is -2.43. The molecule has 0 spiro atoms. The maximum Gasteiger partial charge on any atom is 0.0524 e. The number of piperazine rings is 1. The monoisotopic (exact) mass is 239 g/mol. The summed E-state index contributed by atoms with van der Waals surface area (Å²) in [5.74, 6) is 0. The van der Waals surface area contributed by atoms with Gasteiger partial charge in [0.1, 0.15) is 0 Å². The van der Waals surface area contributed by atoms with E-state index >= 15 is 0 Å². The van der Waals surface area contributed by atoms with Crippen LogP contribution in [0.3, 0.4) is 0 Å². The van der Waals surface area contributed by atoms with Gasteiger partial charge < -0.3 is 0 Å². The fraction of sp³-hybridized carbons (Fsp3) is 0.455. The van der Waals surface area contributed by atoms with Crippen molar-refractivity contribution >= 4 is 11.6 Å². The van der Waals surface area contributed by atoms with Crippen LogP contribution in [0.4, 0.5) is 0 Å². The third kappa shape index (κ3) is 2.93. The van der Waals surface area contributed by atoms with Gasteiger partial charge in [0.15, 0.2) is 0 Å². The molecular formula is C11H14ClN3O. The van der Waals surface area contributed by atoms with Crippen molar-refractivity contribution in [3.63, 3.8) is 0 Å². The van der Waals surface area contributed by atoms with E-state index in [0.717, 1.165) is 37.7 Å². The zero-order valence-corrected chi connectivity index (χ0v) is 9.73. The van der Waals surface area contributed by atoms with E-state index in [9.17, 15) is 4.91 Å². The fourth-order valence-electron chi connectivity index (χ4n) is 1.83. The standard InChI is InChI=1S/C11H14ClN3O/c12-11-3-1-10(2-4-11)9-14-5-7-15(13-16)8-6-14/h1-4H,5-9H2. The molecule has 4 nitrogen and oxygen atoms in total. The van der Waals surface area contributed by atoms with Gasteiger partial charge in [-0.1, -0.05) is 23.7 Å². The van der Waals surface area contributed by atoms with Crippen molar-refractivity contribution in [1.82, 2.24) is 9.91 Å². The van der Waals surface area contributed by atoms with Crippen molar-refractivity contribution in [2.75, 3.05) is 26.2 Å². The number of hydrogen-bond acceptors (Lipinski definition) is 3. The second-order valence-corrected chi connectivity index (χ2v) is 4.37. The predicted octanol–water partition coefficient (Wildman–Crippen LogP) is 2.14. The van der Waals surface area contributed by atoms with Crippen molar-refractivity contribution in [2.24, 2.45) is 5.29 Å². The summed E-state index contributed by atoms with van der Waals surface area (Å²) in [6.45, 7) is 4.11. The van der Waals surface area contributed by atoms with Crippen molar-refractivity contribution in [1.29, 1.82) is 0 Å². The first kappa shape index (κ1) is 11.4. The molecule has 0 unspecified atom stereocenters. The third-order valence-corrected chi connectivity index (χ3v) is 3.04. The van der Waals surface area contributed by atoms with Crippen molar-refractivity contribution in [3.8, 4) is 0 Å².